The molecule has 0 unspecified atom stereocenters. The highest BCUT2D eigenvalue weighted by Gasteiger charge is 2.27. The van der Waals surface area contributed by atoms with Crippen LogP contribution in [0.3, 0.4) is 0 Å². The smallest absolute Gasteiger partial charge is 0.310 e. The molecular formula is C19H24N4O2. The highest BCUT2D eigenvalue weighted by molar-refractivity contribution is 5.73. The second-order valence-electron chi connectivity index (χ2n) is 6.35. The van der Waals surface area contributed by atoms with E-state index >= 15 is 0 Å². The number of anilines is 2. The van der Waals surface area contributed by atoms with Crippen molar-refractivity contribution in [3.8, 4) is 11.4 Å². The lowest BCUT2D eigenvalue weighted by atomic mass is 9.98. The summed E-state index contributed by atoms with van der Waals surface area (Å²) in [5, 5.41) is 0. The van der Waals surface area contributed by atoms with Gasteiger partial charge in [-0.05, 0) is 38.8 Å². The van der Waals surface area contributed by atoms with Crippen LogP contribution in [0.4, 0.5) is 11.5 Å². The lowest BCUT2D eigenvalue weighted by Crippen LogP contribution is -2.40. The molecule has 1 aromatic heterocycles. The number of hydrogen-bond donors (Lipinski definition) is 1. The summed E-state index contributed by atoms with van der Waals surface area (Å²) in [6.07, 6.45) is 1.81. The van der Waals surface area contributed by atoms with Crippen molar-refractivity contribution in [3.63, 3.8) is 0 Å². The fraction of sp³-hybridized carbons (Fsp3) is 0.421. The number of rotatable bonds is 4. The number of aryl methyl sites for hydroxylation is 1. The fourth-order valence-corrected chi connectivity index (χ4v) is 3.16. The number of benzene rings is 1. The van der Waals surface area contributed by atoms with Gasteiger partial charge in [0.25, 0.3) is 0 Å². The minimum atomic E-state index is -0.117. The van der Waals surface area contributed by atoms with Crippen molar-refractivity contribution in [3.05, 3.63) is 36.0 Å². The van der Waals surface area contributed by atoms with Gasteiger partial charge in [0.1, 0.15) is 5.82 Å². The molecule has 1 aliphatic rings. The average molecular weight is 340 g/mol. The Labute approximate surface area is 148 Å². The molecule has 1 atom stereocenters. The van der Waals surface area contributed by atoms with Crippen molar-refractivity contribution in [1.29, 1.82) is 0 Å². The summed E-state index contributed by atoms with van der Waals surface area (Å²) < 4.78 is 5.18. The summed E-state index contributed by atoms with van der Waals surface area (Å²) in [5.41, 5.74) is 8.34. The molecule has 1 aliphatic heterocycles. The number of nitrogen functional groups attached to an aromatic ring is 1. The highest BCUT2D eigenvalue weighted by Crippen LogP contribution is 2.26. The predicted octanol–water partition coefficient (Wildman–Crippen LogP) is 2.81. The van der Waals surface area contributed by atoms with Crippen molar-refractivity contribution >= 4 is 17.5 Å². The largest absolute Gasteiger partial charge is 0.466 e. The Morgan fingerprint density at radius 1 is 1.36 bits per heavy atom. The molecule has 3 rings (SSSR count). The molecule has 25 heavy (non-hydrogen) atoms. The predicted molar refractivity (Wildman–Crippen MR) is 98.2 cm³/mol. The number of ether oxygens (including phenoxy) is 1. The number of piperidine rings is 1. The molecule has 132 valence electrons. The summed E-state index contributed by atoms with van der Waals surface area (Å²) >= 11 is 0. The van der Waals surface area contributed by atoms with Crippen LogP contribution in [0.1, 0.15) is 25.5 Å². The molecule has 0 radical (unpaired) electrons. The van der Waals surface area contributed by atoms with Crippen LogP contribution in [0.2, 0.25) is 0 Å². The zero-order chi connectivity index (χ0) is 17.8. The van der Waals surface area contributed by atoms with Crippen LogP contribution >= 0.6 is 0 Å². The molecule has 0 spiro atoms. The van der Waals surface area contributed by atoms with Crippen LogP contribution in [0, 0.1) is 12.8 Å². The maximum atomic E-state index is 12.1. The SMILES string of the molecule is CCOC(=O)[C@H]1CCCN(c2cc(C)nc(-c3cccc(N)c3)n2)C1. The van der Waals surface area contributed by atoms with Gasteiger partial charge in [0.15, 0.2) is 5.82 Å². The van der Waals surface area contributed by atoms with Crippen LogP contribution in [0.25, 0.3) is 11.4 Å². The van der Waals surface area contributed by atoms with Gasteiger partial charge in [-0.1, -0.05) is 12.1 Å². The first-order valence-electron chi connectivity index (χ1n) is 8.70. The second-order valence-corrected chi connectivity index (χ2v) is 6.35. The Kier molecular flexibility index (Phi) is 5.16. The molecule has 2 aromatic rings. The van der Waals surface area contributed by atoms with E-state index in [4.69, 9.17) is 15.5 Å². The van der Waals surface area contributed by atoms with Crippen molar-refractivity contribution in [2.24, 2.45) is 5.92 Å². The van der Waals surface area contributed by atoms with E-state index in [1.54, 1.807) is 0 Å². The average Bonchev–Trinajstić information content (AvgIpc) is 2.61. The molecule has 2 heterocycles. The lowest BCUT2D eigenvalue weighted by Gasteiger charge is -2.32. The van der Waals surface area contributed by atoms with E-state index < -0.39 is 0 Å². The maximum absolute atomic E-state index is 12.1. The molecule has 0 aliphatic carbocycles. The first-order chi connectivity index (χ1) is 12.1. The van der Waals surface area contributed by atoms with Gasteiger partial charge >= 0.3 is 5.97 Å². The quantitative estimate of drug-likeness (QED) is 0.681. The van der Waals surface area contributed by atoms with E-state index in [2.05, 4.69) is 9.88 Å². The molecule has 0 amide bonds. The molecule has 1 fully saturated rings. The standard InChI is InChI=1S/C19H24N4O2/c1-3-25-19(24)15-7-5-9-23(12-15)17-10-13(2)21-18(22-17)14-6-4-8-16(20)11-14/h4,6,8,10-11,15H,3,5,7,9,12,20H2,1-2H3/t15-/m0/s1. The van der Waals surface area contributed by atoms with Crippen molar-refractivity contribution in [2.45, 2.75) is 26.7 Å². The Bertz CT molecular complexity index is 763. The number of hydrogen-bond acceptors (Lipinski definition) is 6. The van der Waals surface area contributed by atoms with Crippen molar-refractivity contribution < 1.29 is 9.53 Å². The first-order valence-corrected chi connectivity index (χ1v) is 8.70. The van der Waals surface area contributed by atoms with Gasteiger partial charge in [0.05, 0.1) is 12.5 Å². The molecule has 0 bridgehead atoms. The third-order valence-electron chi connectivity index (χ3n) is 4.35. The van der Waals surface area contributed by atoms with Crippen molar-refractivity contribution in [2.75, 3.05) is 30.3 Å². The summed E-state index contributed by atoms with van der Waals surface area (Å²) in [4.78, 5) is 23.5. The summed E-state index contributed by atoms with van der Waals surface area (Å²) in [6.45, 7) is 5.72. The van der Waals surface area contributed by atoms with Gasteiger partial charge < -0.3 is 15.4 Å². The molecule has 6 nitrogen and oxygen atoms in total. The molecule has 2 N–H and O–H groups in total. The maximum Gasteiger partial charge on any atom is 0.310 e. The monoisotopic (exact) mass is 340 g/mol. The van der Waals surface area contributed by atoms with Crippen LogP contribution in [0.15, 0.2) is 30.3 Å². The zero-order valence-corrected chi connectivity index (χ0v) is 14.7. The number of carbonyl (C=O) groups excluding carboxylic acids is 1. The normalized spacial score (nSPS) is 17.4. The molecule has 1 saturated heterocycles. The molecule has 1 aromatic carbocycles. The highest BCUT2D eigenvalue weighted by atomic mass is 16.5. The van der Waals surface area contributed by atoms with Crippen LogP contribution in [0.5, 0.6) is 0 Å². The number of nitrogens with two attached hydrogens (primary N) is 1. The second kappa shape index (κ2) is 7.51. The molecular weight excluding hydrogens is 316 g/mol. The molecule has 6 heteroatoms. The third kappa shape index (κ3) is 4.07. The minimum Gasteiger partial charge on any atom is -0.466 e. The Balaban J connectivity index is 1.86. The van der Waals surface area contributed by atoms with E-state index in [0.29, 0.717) is 24.7 Å². The van der Waals surface area contributed by atoms with Crippen LogP contribution in [-0.2, 0) is 9.53 Å². The fourth-order valence-electron chi connectivity index (χ4n) is 3.16. The number of esters is 1. The van der Waals surface area contributed by atoms with Gasteiger partial charge in [-0.15, -0.1) is 0 Å². The summed E-state index contributed by atoms with van der Waals surface area (Å²) in [7, 11) is 0. The van der Waals surface area contributed by atoms with E-state index in [-0.39, 0.29) is 11.9 Å². The van der Waals surface area contributed by atoms with Gasteiger partial charge in [-0.3, -0.25) is 4.79 Å². The summed E-state index contributed by atoms with van der Waals surface area (Å²) in [5.74, 6) is 1.29. The topological polar surface area (TPSA) is 81.3 Å². The van der Waals surface area contributed by atoms with E-state index in [9.17, 15) is 4.79 Å². The number of aromatic nitrogens is 2. The van der Waals surface area contributed by atoms with Crippen molar-refractivity contribution in [1.82, 2.24) is 9.97 Å². The Hall–Kier alpha value is -2.63. The zero-order valence-electron chi connectivity index (χ0n) is 14.7. The van der Waals surface area contributed by atoms with Gasteiger partial charge in [-0.2, -0.15) is 0 Å². The van der Waals surface area contributed by atoms with E-state index in [1.165, 1.54) is 0 Å². The van der Waals surface area contributed by atoms with E-state index in [0.717, 1.165) is 36.5 Å². The number of carbonyl (C=O) groups is 1. The van der Waals surface area contributed by atoms with Gasteiger partial charge in [0, 0.05) is 36.1 Å². The lowest BCUT2D eigenvalue weighted by molar-refractivity contribution is -0.148. The first kappa shape index (κ1) is 17.2. The van der Waals surface area contributed by atoms with Gasteiger partial charge in [-0.25, -0.2) is 9.97 Å². The Morgan fingerprint density at radius 3 is 2.96 bits per heavy atom. The molecule has 0 saturated carbocycles. The van der Waals surface area contributed by atoms with Crippen LogP contribution < -0.4 is 10.6 Å². The third-order valence-corrected chi connectivity index (χ3v) is 4.35. The van der Waals surface area contributed by atoms with Gasteiger partial charge in [0.2, 0.25) is 0 Å². The Morgan fingerprint density at radius 2 is 2.20 bits per heavy atom. The summed E-state index contributed by atoms with van der Waals surface area (Å²) in [6, 6.07) is 9.52. The number of nitrogens with zero attached hydrogens (tertiary/aromatic N) is 3. The van der Waals surface area contributed by atoms with E-state index in [1.807, 2.05) is 44.2 Å². The van der Waals surface area contributed by atoms with Crippen LogP contribution in [-0.4, -0.2) is 35.6 Å². The minimum absolute atomic E-state index is 0.0974.